The Morgan fingerprint density at radius 2 is 1.92 bits per heavy atom. The Bertz CT molecular complexity index is 1030. The Hall–Kier alpha value is -2.82. The van der Waals surface area contributed by atoms with Crippen molar-refractivity contribution in [2.75, 3.05) is 13.1 Å². The predicted molar refractivity (Wildman–Crippen MR) is 95.8 cm³/mol. The van der Waals surface area contributed by atoms with E-state index in [9.17, 15) is 9.59 Å². The van der Waals surface area contributed by atoms with E-state index in [1.54, 1.807) is 6.07 Å². The monoisotopic (exact) mass is 333 g/mol. The molecule has 25 heavy (non-hydrogen) atoms. The molecule has 2 aromatic heterocycles. The van der Waals surface area contributed by atoms with Crippen molar-refractivity contribution in [2.24, 2.45) is 5.92 Å². The molecule has 1 saturated heterocycles. The third-order valence-electron chi connectivity index (χ3n) is 5.59. The van der Waals surface area contributed by atoms with Gasteiger partial charge >= 0.3 is 0 Å². The highest BCUT2D eigenvalue weighted by atomic mass is 16.2. The Morgan fingerprint density at radius 3 is 2.84 bits per heavy atom. The van der Waals surface area contributed by atoms with Crippen LogP contribution in [0.5, 0.6) is 0 Å². The second-order valence-corrected chi connectivity index (χ2v) is 7.15. The van der Waals surface area contributed by atoms with Crippen molar-refractivity contribution in [1.82, 2.24) is 14.5 Å². The minimum atomic E-state index is 0.0732. The number of aromatic nitrogens is 2. The van der Waals surface area contributed by atoms with Crippen LogP contribution in [0.25, 0.3) is 10.9 Å². The first kappa shape index (κ1) is 14.5. The first-order valence-corrected chi connectivity index (χ1v) is 8.76. The lowest BCUT2D eigenvalue weighted by Gasteiger charge is -2.42. The summed E-state index contributed by atoms with van der Waals surface area (Å²) < 4.78 is 1.90. The second kappa shape index (κ2) is 5.34. The van der Waals surface area contributed by atoms with E-state index < -0.39 is 0 Å². The van der Waals surface area contributed by atoms with Gasteiger partial charge in [-0.05, 0) is 36.6 Å². The summed E-state index contributed by atoms with van der Waals surface area (Å²) in [6.45, 7) is 2.11. The van der Waals surface area contributed by atoms with E-state index in [1.165, 1.54) is 0 Å². The van der Waals surface area contributed by atoms with E-state index in [-0.39, 0.29) is 17.4 Å². The SMILES string of the molecule is O=C(c1cccc2[nH]ccc12)N1CC2CC(C1)c1cccc(=O)n1C2. The van der Waals surface area contributed by atoms with Gasteiger partial charge in [0.2, 0.25) is 0 Å². The maximum Gasteiger partial charge on any atom is 0.254 e. The molecule has 2 atom stereocenters. The molecule has 1 aromatic carbocycles. The van der Waals surface area contributed by atoms with Gasteiger partial charge in [-0.2, -0.15) is 0 Å². The van der Waals surface area contributed by atoms with Crippen LogP contribution in [0.4, 0.5) is 0 Å². The summed E-state index contributed by atoms with van der Waals surface area (Å²) in [6.07, 6.45) is 2.93. The highest BCUT2D eigenvalue weighted by molar-refractivity contribution is 6.06. The van der Waals surface area contributed by atoms with Gasteiger partial charge < -0.3 is 14.5 Å². The number of carbonyl (C=O) groups excluding carboxylic acids is 1. The summed E-state index contributed by atoms with van der Waals surface area (Å²) in [4.78, 5) is 30.4. The molecule has 5 rings (SSSR count). The largest absolute Gasteiger partial charge is 0.361 e. The van der Waals surface area contributed by atoms with Gasteiger partial charge in [-0.3, -0.25) is 9.59 Å². The molecular formula is C20H19N3O2. The van der Waals surface area contributed by atoms with Crippen molar-refractivity contribution in [1.29, 1.82) is 0 Å². The zero-order valence-electron chi connectivity index (χ0n) is 13.8. The molecule has 0 aliphatic carbocycles. The molecule has 1 amide bonds. The maximum absolute atomic E-state index is 13.2. The fourth-order valence-electron chi connectivity index (χ4n) is 4.50. The third kappa shape index (κ3) is 2.22. The fourth-order valence-corrected chi connectivity index (χ4v) is 4.50. The Kier molecular flexibility index (Phi) is 3.10. The highest BCUT2D eigenvalue weighted by Gasteiger charge is 2.36. The molecule has 0 saturated carbocycles. The van der Waals surface area contributed by atoms with Crippen molar-refractivity contribution in [3.63, 3.8) is 0 Å². The molecule has 5 nitrogen and oxygen atoms in total. The van der Waals surface area contributed by atoms with Gasteiger partial charge in [0.15, 0.2) is 0 Å². The number of hydrogen-bond donors (Lipinski definition) is 1. The Morgan fingerprint density at radius 1 is 1.04 bits per heavy atom. The molecule has 2 aliphatic heterocycles. The van der Waals surface area contributed by atoms with E-state index in [0.717, 1.165) is 35.1 Å². The number of fused-ring (bicyclic) bond motifs is 5. The quantitative estimate of drug-likeness (QED) is 0.744. The average Bonchev–Trinajstić information content (AvgIpc) is 3.11. The van der Waals surface area contributed by atoms with Crippen LogP contribution in [0, 0.1) is 5.92 Å². The predicted octanol–water partition coefficient (Wildman–Crippen LogP) is 2.59. The smallest absolute Gasteiger partial charge is 0.254 e. The van der Waals surface area contributed by atoms with Crippen molar-refractivity contribution < 1.29 is 4.79 Å². The van der Waals surface area contributed by atoms with Crippen molar-refractivity contribution in [3.05, 3.63) is 70.3 Å². The van der Waals surface area contributed by atoms with Crippen molar-refractivity contribution in [3.8, 4) is 0 Å². The lowest BCUT2D eigenvalue weighted by molar-refractivity contribution is 0.0596. The van der Waals surface area contributed by atoms with Gasteiger partial charge in [0.1, 0.15) is 0 Å². The van der Waals surface area contributed by atoms with Crippen molar-refractivity contribution >= 4 is 16.8 Å². The van der Waals surface area contributed by atoms with Gasteiger partial charge in [-0.1, -0.05) is 12.1 Å². The van der Waals surface area contributed by atoms with Crippen molar-refractivity contribution in [2.45, 2.75) is 18.9 Å². The summed E-state index contributed by atoms with van der Waals surface area (Å²) in [5.74, 6) is 0.683. The molecule has 0 spiro atoms. The van der Waals surface area contributed by atoms with Crippen LogP contribution in [-0.4, -0.2) is 33.4 Å². The van der Waals surface area contributed by atoms with Crippen LogP contribution in [0.2, 0.25) is 0 Å². The van der Waals surface area contributed by atoms with Crippen LogP contribution < -0.4 is 5.56 Å². The minimum absolute atomic E-state index is 0.0732. The summed E-state index contributed by atoms with van der Waals surface area (Å²) in [5.41, 5.74) is 2.88. The second-order valence-electron chi connectivity index (χ2n) is 7.15. The van der Waals surface area contributed by atoms with E-state index >= 15 is 0 Å². The zero-order valence-corrected chi connectivity index (χ0v) is 13.8. The summed E-state index contributed by atoms with van der Waals surface area (Å²) in [7, 11) is 0. The number of likely N-dealkylation sites (tertiary alicyclic amines) is 1. The molecular weight excluding hydrogens is 314 g/mol. The number of nitrogens with zero attached hydrogens (tertiary/aromatic N) is 2. The molecule has 2 bridgehead atoms. The highest BCUT2D eigenvalue weighted by Crippen LogP contribution is 2.35. The molecule has 1 N–H and O–H groups in total. The third-order valence-corrected chi connectivity index (χ3v) is 5.59. The van der Waals surface area contributed by atoms with Crippen LogP contribution in [0.1, 0.15) is 28.4 Å². The van der Waals surface area contributed by atoms with Gasteiger partial charge in [-0.15, -0.1) is 0 Å². The number of rotatable bonds is 1. The van der Waals surface area contributed by atoms with Gasteiger partial charge in [0.05, 0.1) is 0 Å². The van der Waals surface area contributed by atoms with Gasteiger partial charge in [0, 0.05) is 60.0 Å². The number of amides is 1. The molecule has 4 heterocycles. The lowest BCUT2D eigenvalue weighted by Crippen LogP contribution is -2.49. The Balaban J connectivity index is 1.50. The van der Waals surface area contributed by atoms with E-state index in [2.05, 4.69) is 4.98 Å². The lowest BCUT2D eigenvalue weighted by atomic mass is 9.83. The first-order valence-electron chi connectivity index (χ1n) is 8.76. The molecule has 0 radical (unpaired) electrons. The number of nitrogens with one attached hydrogen (secondary N) is 1. The number of benzene rings is 1. The number of aromatic amines is 1. The summed E-state index contributed by atoms with van der Waals surface area (Å²) in [6, 6.07) is 13.3. The maximum atomic E-state index is 13.2. The molecule has 3 aromatic rings. The van der Waals surface area contributed by atoms with Gasteiger partial charge in [0.25, 0.3) is 11.5 Å². The number of pyridine rings is 1. The Labute approximate surface area is 144 Å². The molecule has 2 aliphatic rings. The average molecular weight is 333 g/mol. The fraction of sp³-hybridized carbons (Fsp3) is 0.300. The van der Waals surface area contributed by atoms with Crippen LogP contribution in [-0.2, 0) is 6.54 Å². The number of hydrogen-bond acceptors (Lipinski definition) is 2. The van der Waals surface area contributed by atoms with E-state index in [1.807, 2.05) is 52.1 Å². The van der Waals surface area contributed by atoms with Crippen LogP contribution in [0.15, 0.2) is 53.5 Å². The molecule has 5 heteroatoms. The minimum Gasteiger partial charge on any atom is -0.361 e. The standard InChI is InChI=1S/C20H19N3O2/c24-19-6-2-5-18-14-9-13(11-23(18)19)10-22(12-14)20(25)16-3-1-4-17-15(16)7-8-21-17/h1-8,13-14,21H,9-12H2. The van der Waals surface area contributed by atoms with E-state index in [4.69, 9.17) is 0 Å². The molecule has 126 valence electrons. The van der Waals surface area contributed by atoms with Gasteiger partial charge in [-0.25, -0.2) is 0 Å². The van der Waals surface area contributed by atoms with Crippen LogP contribution >= 0.6 is 0 Å². The number of H-pyrrole nitrogens is 1. The van der Waals surface area contributed by atoms with E-state index in [0.29, 0.717) is 19.0 Å². The summed E-state index contributed by atoms with van der Waals surface area (Å²) >= 11 is 0. The first-order chi connectivity index (χ1) is 12.2. The van der Waals surface area contributed by atoms with Crippen LogP contribution in [0.3, 0.4) is 0 Å². The summed E-state index contributed by atoms with van der Waals surface area (Å²) in [5, 5.41) is 0.972. The zero-order chi connectivity index (χ0) is 17.0. The molecule has 2 unspecified atom stereocenters. The topological polar surface area (TPSA) is 58.1 Å². The molecule has 1 fully saturated rings. The normalized spacial score (nSPS) is 22.0. The number of carbonyl (C=O) groups is 1. The number of piperidine rings is 1.